The molecule has 2 aromatic carbocycles. The third kappa shape index (κ3) is 4.62. The second-order valence-electron chi connectivity index (χ2n) is 7.25. The number of amides is 2. The highest BCUT2D eigenvalue weighted by Gasteiger charge is 2.56. The maximum atomic E-state index is 12.8. The molecule has 2 amide bonds. The van der Waals surface area contributed by atoms with E-state index in [1.807, 2.05) is 13.8 Å². The first-order valence-electron chi connectivity index (χ1n) is 9.49. The van der Waals surface area contributed by atoms with E-state index in [-0.39, 0.29) is 17.9 Å². The van der Waals surface area contributed by atoms with Crippen LogP contribution in [0, 0.1) is 5.41 Å². The Hall–Kier alpha value is -3.22. The van der Waals surface area contributed by atoms with Gasteiger partial charge in [-0.15, -0.1) is 0 Å². The van der Waals surface area contributed by atoms with E-state index >= 15 is 0 Å². The van der Waals surface area contributed by atoms with Gasteiger partial charge in [-0.25, -0.2) is 0 Å². The quantitative estimate of drug-likeness (QED) is 0.660. The Morgan fingerprint density at radius 2 is 1.52 bits per heavy atom. The molecule has 0 radical (unpaired) electrons. The molecule has 154 valence electrons. The summed E-state index contributed by atoms with van der Waals surface area (Å²) < 4.78 is 16.1. The Morgan fingerprint density at radius 1 is 0.897 bits per heavy atom. The zero-order valence-corrected chi connectivity index (χ0v) is 17.1. The molecule has 1 aliphatic rings. The van der Waals surface area contributed by atoms with Gasteiger partial charge in [-0.3, -0.25) is 9.59 Å². The predicted molar refractivity (Wildman–Crippen MR) is 111 cm³/mol. The van der Waals surface area contributed by atoms with Gasteiger partial charge in [0.25, 0.3) is 0 Å². The van der Waals surface area contributed by atoms with Gasteiger partial charge in [0.05, 0.1) is 26.0 Å². The number of rotatable bonds is 8. The molecule has 0 unspecified atom stereocenters. The van der Waals surface area contributed by atoms with Crippen molar-refractivity contribution >= 4 is 23.2 Å². The molecule has 29 heavy (non-hydrogen) atoms. The summed E-state index contributed by atoms with van der Waals surface area (Å²) in [6.07, 6.45) is 1.07. The summed E-state index contributed by atoms with van der Waals surface area (Å²) in [5, 5.41) is 5.64. The van der Waals surface area contributed by atoms with Crippen LogP contribution in [0.3, 0.4) is 0 Å². The van der Waals surface area contributed by atoms with Crippen LogP contribution in [0.2, 0.25) is 0 Å². The normalized spacial score (nSPS) is 14.1. The van der Waals surface area contributed by atoms with Crippen molar-refractivity contribution in [1.29, 1.82) is 0 Å². The zero-order valence-electron chi connectivity index (χ0n) is 17.1. The van der Waals surface area contributed by atoms with Crippen LogP contribution in [-0.2, 0) is 9.59 Å². The average Bonchev–Trinajstić information content (AvgIpc) is 3.51. The standard InChI is InChI=1S/C22H26N2O5/c1-14(2)29-16-7-5-15(6-8-16)23-20(25)22(11-12-22)21(26)24-18-10-9-17(27-3)13-19(18)28-4/h5-10,13-14H,11-12H2,1-4H3,(H,23,25)(H,24,26). The SMILES string of the molecule is COc1ccc(NC(=O)C2(C(=O)Nc3ccc(OC(C)C)cc3)CC2)c(OC)c1. The van der Waals surface area contributed by atoms with Gasteiger partial charge in [0.15, 0.2) is 0 Å². The van der Waals surface area contributed by atoms with Gasteiger partial charge < -0.3 is 24.8 Å². The lowest BCUT2D eigenvalue weighted by atomic mass is 10.0. The summed E-state index contributed by atoms with van der Waals surface area (Å²) in [5.41, 5.74) is 0.0395. The second kappa shape index (κ2) is 8.43. The molecule has 2 N–H and O–H groups in total. The first kappa shape index (κ1) is 20.5. The summed E-state index contributed by atoms with van der Waals surface area (Å²) in [7, 11) is 3.06. The van der Waals surface area contributed by atoms with Crippen LogP contribution < -0.4 is 24.8 Å². The van der Waals surface area contributed by atoms with E-state index in [4.69, 9.17) is 14.2 Å². The molecule has 7 heteroatoms. The minimum Gasteiger partial charge on any atom is -0.497 e. The van der Waals surface area contributed by atoms with E-state index in [0.717, 1.165) is 5.75 Å². The van der Waals surface area contributed by atoms with E-state index in [1.165, 1.54) is 7.11 Å². The van der Waals surface area contributed by atoms with Gasteiger partial charge in [0.1, 0.15) is 22.7 Å². The lowest BCUT2D eigenvalue weighted by Crippen LogP contribution is -2.35. The fraction of sp³-hybridized carbons (Fsp3) is 0.364. The van der Waals surface area contributed by atoms with Crippen molar-refractivity contribution in [3.05, 3.63) is 42.5 Å². The number of nitrogens with one attached hydrogen (secondary N) is 2. The van der Waals surface area contributed by atoms with E-state index in [0.29, 0.717) is 35.7 Å². The van der Waals surface area contributed by atoms with Crippen LogP contribution in [0.5, 0.6) is 17.2 Å². The molecule has 1 aliphatic carbocycles. The molecule has 3 rings (SSSR count). The van der Waals surface area contributed by atoms with E-state index in [2.05, 4.69) is 10.6 Å². The maximum Gasteiger partial charge on any atom is 0.240 e. The van der Waals surface area contributed by atoms with Gasteiger partial charge in [-0.2, -0.15) is 0 Å². The molecule has 0 aliphatic heterocycles. The summed E-state index contributed by atoms with van der Waals surface area (Å²) in [4.78, 5) is 25.6. The molecule has 0 heterocycles. The van der Waals surface area contributed by atoms with Crippen LogP contribution in [0.1, 0.15) is 26.7 Å². The number of anilines is 2. The molecule has 0 aromatic heterocycles. The number of hydrogen-bond acceptors (Lipinski definition) is 5. The topological polar surface area (TPSA) is 85.9 Å². The molecule has 7 nitrogen and oxygen atoms in total. The van der Waals surface area contributed by atoms with E-state index in [9.17, 15) is 9.59 Å². The zero-order chi connectivity index (χ0) is 21.0. The van der Waals surface area contributed by atoms with Gasteiger partial charge in [0, 0.05) is 11.8 Å². The number of carbonyl (C=O) groups is 2. The summed E-state index contributed by atoms with van der Waals surface area (Å²) in [5.74, 6) is 1.14. The van der Waals surface area contributed by atoms with Crippen molar-refractivity contribution in [1.82, 2.24) is 0 Å². The monoisotopic (exact) mass is 398 g/mol. The van der Waals surface area contributed by atoms with Crippen molar-refractivity contribution in [2.45, 2.75) is 32.8 Å². The molecule has 0 saturated heterocycles. The van der Waals surface area contributed by atoms with Gasteiger partial charge in [0.2, 0.25) is 11.8 Å². The lowest BCUT2D eigenvalue weighted by molar-refractivity contribution is -0.131. The number of hydrogen-bond donors (Lipinski definition) is 2. The number of carbonyl (C=O) groups excluding carboxylic acids is 2. The maximum absolute atomic E-state index is 12.8. The smallest absolute Gasteiger partial charge is 0.240 e. The number of benzene rings is 2. The van der Waals surface area contributed by atoms with Crippen molar-refractivity contribution < 1.29 is 23.8 Å². The second-order valence-corrected chi connectivity index (χ2v) is 7.25. The van der Waals surface area contributed by atoms with Crippen LogP contribution >= 0.6 is 0 Å². The molecule has 0 spiro atoms. The molecule has 2 aromatic rings. The third-order valence-corrected chi connectivity index (χ3v) is 4.76. The minimum atomic E-state index is -1.07. The fourth-order valence-electron chi connectivity index (χ4n) is 2.97. The Kier molecular flexibility index (Phi) is 5.96. The van der Waals surface area contributed by atoms with Crippen molar-refractivity contribution in [2.75, 3.05) is 24.9 Å². The summed E-state index contributed by atoms with van der Waals surface area (Å²) >= 11 is 0. The number of methoxy groups -OCH3 is 2. The molecule has 0 bridgehead atoms. The highest BCUT2D eigenvalue weighted by molar-refractivity contribution is 6.17. The molecular formula is C22H26N2O5. The van der Waals surface area contributed by atoms with Gasteiger partial charge in [-0.05, 0) is 63.1 Å². The van der Waals surface area contributed by atoms with Crippen LogP contribution in [0.4, 0.5) is 11.4 Å². The molecular weight excluding hydrogens is 372 g/mol. The third-order valence-electron chi connectivity index (χ3n) is 4.76. The van der Waals surface area contributed by atoms with E-state index < -0.39 is 5.41 Å². The molecule has 0 atom stereocenters. The largest absolute Gasteiger partial charge is 0.497 e. The summed E-state index contributed by atoms with van der Waals surface area (Å²) in [6.45, 7) is 3.89. The lowest BCUT2D eigenvalue weighted by Gasteiger charge is -2.17. The predicted octanol–water partition coefficient (Wildman–Crippen LogP) is 3.85. The number of ether oxygens (including phenoxy) is 3. The fourth-order valence-corrected chi connectivity index (χ4v) is 2.97. The molecule has 1 fully saturated rings. The van der Waals surface area contributed by atoms with E-state index in [1.54, 1.807) is 49.6 Å². The summed E-state index contributed by atoms with van der Waals surface area (Å²) in [6, 6.07) is 12.2. The first-order chi connectivity index (χ1) is 13.9. The Bertz CT molecular complexity index is 889. The highest BCUT2D eigenvalue weighted by atomic mass is 16.5. The Labute approximate surface area is 170 Å². The molecule has 1 saturated carbocycles. The Balaban J connectivity index is 1.67. The highest BCUT2D eigenvalue weighted by Crippen LogP contribution is 2.48. The Morgan fingerprint density at radius 3 is 2.07 bits per heavy atom. The minimum absolute atomic E-state index is 0.0730. The van der Waals surface area contributed by atoms with Crippen molar-refractivity contribution in [3.8, 4) is 17.2 Å². The van der Waals surface area contributed by atoms with Crippen molar-refractivity contribution in [2.24, 2.45) is 5.41 Å². The van der Waals surface area contributed by atoms with Crippen LogP contribution in [-0.4, -0.2) is 32.1 Å². The van der Waals surface area contributed by atoms with Crippen LogP contribution in [0.15, 0.2) is 42.5 Å². The van der Waals surface area contributed by atoms with Crippen LogP contribution in [0.25, 0.3) is 0 Å². The van der Waals surface area contributed by atoms with Gasteiger partial charge in [-0.1, -0.05) is 0 Å². The van der Waals surface area contributed by atoms with Gasteiger partial charge >= 0.3 is 0 Å². The van der Waals surface area contributed by atoms with Crippen molar-refractivity contribution in [3.63, 3.8) is 0 Å². The first-order valence-corrected chi connectivity index (χ1v) is 9.49. The average molecular weight is 398 g/mol.